The molecule has 8 heteroatoms. The summed E-state index contributed by atoms with van der Waals surface area (Å²) < 4.78 is 5.36. The predicted molar refractivity (Wildman–Crippen MR) is 112 cm³/mol. The first-order valence-corrected chi connectivity index (χ1v) is 9.26. The molecule has 0 aliphatic carbocycles. The minimum absolute atomic E-state index is 0. The number of guanidine groups is 1. The normalized spacial score (nSPS) is 15.9. The lowest BCUT2D eigenvalue weighted by Gasteiger charge is -2.25. The van der Waals surface area contributed by atoms with E-state index in [1.54, 1.807) is 11.3 Å². The summed E-state index contributed by atoms with van der Waals surface area (Å²) in [5.74, 6) is 0.894. The van der Waals surface area contributed by atoms with Crippen LogP contribution in [0.25, 0.3) is 0 Å². The largest absolute Gasteiger partial charge is 0.379 e. The highest BCUT2D eigenvalue weighted by Crippen LogP contribution is 2.16. The maximum absolute atomic E-state index is 5.36. The third-order valence-corrected chi connectivity index (χ3v) is 4.97. The van der Waals surface area contributed by atoms with Gasteiger partial charge in [-0.1, -0.05) is 0 Å². The molecule has 24 heavy (non-hydrogen) atoms. The van der Waals surface area contributed by atoms with Crippen LogP contribution in [0.2, 0.25) is 0 Å². The van der Waals surface area contributed by atoms with E-state index in [-0.39, 0.29) is 24.0 Å². The van der Waals surface area contributed by atoms with E-state index in [0.29, 0.717) is 0 Å². The fourth-order valence-corrected chi connectivity index (χ4v) is 3.34. The Morgan fingerprint density at radius 2 is 2.04 bits per heavy atom. The number of aromatic nitrogens is 1. The first kappa shape index (κ1) is 21.6. The van der Waals surface area contributed by atoms with E-state index in [9.17, 15) is 0 Å². The number of morpholine rings is 1. The lowest BCUT2D eigenvalue weighted by Crippen LogP contribution is -2.40. The van der Waals surface area contributed by atoms with Gasteiger partial charge in [-0.25, -0.2) is 4.98 Å². The van der Waals surface area contributed by atoms with E-state index in [1.165, 1.54) is 9.88 Å². The predicted octanol–water partition coefficient (Wildman–Crippen LogP) is 1.81. The summed E-state index contributed by atoms with van der Waals surface area (Å²) in [5.41, 5.74) is 1.15. The molecule has 2 rings (SSSR count). The van der Waals surface area contributed by atoms with Gasteiger partial charge in [0.25, 0.3) is 0 Å². The molecule has 1 fully saturated rings. The molecule has 0 atom stereocenters. The average molecular weight is 467 g/mol. The summed E-state index contributed by atoms with van der Waals surface area (Å²) in [4.78, 5) is 12.9. The van der Waals surface area contributed by atoms with E-state index in [2.05, 4.69) is 46.3 Å². The number of hydrogen-bond acceptors (Lipinski definition) is 5. The quantitative estimate of drug-likeness (QED) is 0.364. The Morgan fingerprint density at radius 1 is 1.29 bits per heavy atom. The van der Waals surface area contributed by atoms with Gasteiger partial charge in [-0.2, -0.15) is 0 Å². The van der Waals surface area contributed by atoms with Crippen LogP contribution < -0.4 is 10.6 Å². The molecule has 1 aromatic heterocycles. The summed E-state index contributed by atoms with van der Waals surface area (Å²) in [6.45, 7) is 13.5. The average Bonchev–Trinajstić information content (AvgIpc) is 2.86. The van der Waals surface area contributed by atoms with Crippen LogP contribution in [0.15, 0.2) is 4.99 Å². The number of hydrogen-bond donors (Lipinski definition) is 2. The van der Waals surface area contributed by atoms with Crippen LogP contribution in [0.5, 0.6) is 0 Å². The molecule has 0 radical (unpaired) electrons. The van der Waals surface area contributed by atoms with Crippen molar-refractivity contribution < 1.29 is 4.74 Å². The number of halogens is 1. The third-order valence-electron chi connectivity index (χ3n) is 3.84. The summed E-state index contributed by atoms with van der Waals surface area (Å²) in [5, 5.41) is 7.89. The number of rotatable bonds is 7. The Hall–Kier alpha value is -0.450. The van der Waals surface area contributed by atoms with Gasteiger partial charge in [-0.05, 0) is 20.8 Å². The molecule has 6 nitrogen and oxygen atoms in total. The maximum atomic E-state index is 5.36. The van der Waals surface area contributed by atoms with Crippen molar-refractivity contribution in [2.75, 3.05) is 52.5 Å². The molecular weight excluding hydrogens is 437 g/mol. The minimum atomic E-state index is 0. The Bertz CT molecular complexity index is 483. The molecule has 0 amide bonds. The number of ether oxygens (including phenoxy) is 1. The van der Waals surface area contributed by atoms with Gasteiger partial charge in [0.15, 0.2) is 5.96 Å². The molecule has 1 aliphatic rings. The van der Waals surface area contributed by atoms with Gasteiger partial charge in [0.05, 0.1) is 30.5 Å². The van der Waals surface area contributed by atoms with Crippen LogP contribution in [0.4, 0.5) is 0 Å². The van der Waals surface area contributed by atoms with Crippen molar-refractivity contribution in [2.24, 2.45) is 4.99 Å². The van der Waals surface area contributed by atoms with Crippen LogP contribution >= 0.6 is 35.3 Å². The molecule has 138 valence electrons. The lowest BCUT2D eigenvalue weighted by atomic mass is 10.4. The van der Waals surface area contributed by atoms with E-state index < -0.39 is 0 Å². The number of thiazole rings is 1. The molecule has 1 aliphatic heterocycles. The van der Waals surface area contributed by atoms with Gasteiger partial charge in [-0.15, -0.1) is 35.3 Å². The number of aryl methyl sites for hydroxylation is 2. The topological polar surface area (TPSA) is 61.8 Å². The summed E-state index contributed by atoms with van der Waals surface area (Å²) >= 11 is 1.79. The molecule has 1 saturated heterocycles. The highest BCUT2D eigenvalue weighted by atomic mass is 127. The zero-order chi connectivity index (χ0) is 16.5. The molecule has 0 aromatic carbocycles. The van der Waals surface area contributed by atoms with Crippen molar-refractivity contribution in [3.05, 3.63) is 15.6 Å². The lowest BCUT2D eigenvalue weighted by molar-refractivity contribution is 0.0394. The van der Waals surface area contributed by atoms with Crippen molar-refractivity contribution in [3.63, 3.8) is 0 Å². The number of nitrogens with zero attached hydrogens (tertiary/aromatic N) is 3. The fraction of sp³-hybridized carbons (Fsp3) is 0.750. The van der Waals surface area contributed by atoms with Gasteiger partial charge >= 0.3 is 0 Å². The molecule has 0 saturated carbocycles. The highest BCUT2D eigenvalue weighted by molar-refractivity contribution is 14.0. The second kappa shape index (κ2) is 12.0. The van der Waals surface area contributed by atoms with Crippen LogP contribution in [0.1, 0.15) is 22.5 Å². The SMILES string of the molecule is CCNC(=NCCN1CCOCC1)NCCc1nc(C)c(C)s1.I. The molecule has 0 bridgehead atoms. The molecule has 0 spiro atoms. The van der Waals surface area contributed by atoms with Gasteiger partial charge in [-0.3, -0.25) is 9.89 Å². The van der Waals surface area contributed by atoms with Crippen molar-refractivity contribution in [2.45, 2.75) is 27.2 Å². The summed E-state index contributed by atoms with van der Waals surface area (Å²) in [6, 6.07) is 0. The van der Waals surface area contributed by atoms with Gasteiger partial charge < -0.3 is 15.4 Å². The second-order valence-corrected chi connectivity index (χ2v) is 6.93. The highest BCUT2D eigenvalue weighted by Gasteiger charge is 2.09. The molecule has 2 heterocycles. The smallest absolute Gasteiger partial charge is 0.191 e. The van der Waals surface area contributed by atoms with Crippen LogP contribution in [0, 0.1) is 13.8 Å². The first-order valence-electron chi connectivity index (χ1n) is 8.44. The van der Waals surface area contributed by atoms with Crippen molar-refractivity contribution in [1.82, 2.24) is 20.5 Å². The van der Waals surface area contributed by atoms with Crippen LogP contribution in [0.3, 0.4) is 0 Å². The molecule has 1 aromatic rings. The Balaban J connectivity index is 0.00000288. The fourth-order valence-electron chi connectivity index (χ4n) is 2.40. The first-order chi connectivity index (χ1) is 11.2. The summed E-state index contributed by atoms with van der Waals surface area (Å²) in [6.07, 6.45) is 0.938. The van der Waals surface area contributed by atoms with E-state index in [4.69, 9.17) is 4.74 Å². The standard InChI is InChI=1S/C16H29N5OS.HI/c1-4-17-16(19-7-8-21-9-11-22-12-10-21)18-6-5-15-20-13(2)14(3)23-15;/h4-12H2,1-3H3,(H2,17,18,19);1H. The molecular formula is C16H30IN5OS. The third kappa shape index (κ3) is 7.62. The van der Waals surface area contributed by atoms with Crippen molar-refractivity contribution in [3.8, 4) is 0 Å². The molecule has 0 unspecified atom stereocenters. The van der Waals surface area contributed by atoms with Crippen molar-refractivity contribution >= 4 is 41.3 Å². The Morgan fingerprint density at radius 3 is 2.67 bits per heavy atom. The maximum Gasteiger partial charge on any atom is 0.191 e. The van der Waals surface area contributed by atoms with Gasteiger partial charge in [0.2, 0.25) is 0 Å². The zero-order valence-corrected chi connectivity index (χ0v) is 18.1. The van der Waals surface area contributed by atoms with Crippen molar-refractivity contribution in [1.29, 1.82) is 0 Å². The minimum Gasteiger partial charge on any atom is -0.379 e. The van der Waals surface area contributed by atoms with E-state index >= 15 is 0 Å². The number of aliphatic imine (C=N–C) groups is 1. The van der Waals surface area contributed by atoms with Gasteiger partial charge in [0.1, 0.15) is 0 Å². The summed E-state index contributed by atoms with van der Waals surface area (Å²) in [7, 11) is 0. The van der Waals surface area contributed by atoms with E-state index in [1.807, 2.05) is 0 Å². The number of nitrogens with one attached hydrogen (secondary N) is 2. The Labute approximate surface area is 166 Å². The Kier molecular flexibility index (Phi) is 10.8. The van der Waals surface area contributed by atoms with Crippen LogP contribution in [-0.4, -0.2) is 68.3 Å². The van der Waals surface area contributed by atoms with E-state index in [0.717, 1.165) is 70.6 Å². The second-order valence-electron chi connectivity index (χ2n) is 5.64. The van der Waals surface area contributed by atoms with Gasteiger partial charge in [0, 0.05) is 44.0 Å². The van der Waals surface area contributed by atoms with Crippen LogP contribution in [-0.2, 0) is 11.2 Å². The molecule has 2 N–H and O–H groups in total. The monoisotopic (exact) mass is 467 g/mol. The zero-order valence-electron chi connectivity index (χ0n) is 14.9.